The topological polar surface area (TPSA) is 84.4 Å². The lowest BCUT2D eigenvalue weighted by Gasteiger charge is -2.31. The number of amides is 1. The fraction of sp³-hybridized carbons (Fsp3) is 0.500. The van der Waals surface area contributed by atoms with Crippen LogP contribution in [0.1, 0.15) is 18.5 Å². The molecular formula is C16H22N4O2S. The number of nitrogens with two attached hydrogens (primary N) is 1. The van der Waals surface area contributed by atoms with Crippen LogP contribution in [-0.2, 0) is 11.3 Å². The Hall–Kier alpha value is -1.70. The van der Waals surface area contributed by atoms with Crippen molar-refractivity contribution in [3.8, 4) is 10.8 Å². The number of hydrogen-bond acceptors (Lipinski definition) is 6. The van der Waals surface area contributed by atoms with Crippen LogP contribution in [0.5, 0.6) is 0 Å². The molecule has 0 aliphatic carbocycles. The van der Waals surface area contributed by atoms with Gasteiger partial charge in [-0.1, -0.05) is 0 Å². The first-order valence-corrected chi connectivity index (χ1v) is 8.82. The Balaban J connectivity index is 1.56. The van der Waals surface area contributed by atoms with Gasteiger partial charge in [0.1, 0.15) is 0 Å². The minimum atomic E-state index is 0.0541. The van der Waals surface area contributed by atoms with Crippen LogP contribution in [0.2, 0.25) is 0 Å². The third-order valence-electron chi connectivity index (χ3n) is 3.99. The Bertz CT molecular complexity index is 626. The molecule has 0 saturated carbocycles. The van der Waals surface area contributed by atoms with E-state index in [0.29, 0.717) is 13.1 Å². The Morgan fingerprint density at radius 2 is 2.48 bits per heavy atom. The molecule has 1 atom stereocenters. The highest BCUT2D eigenvalue weighted by atomic mass is 32.1. The lowest BCUT2D eigenvalue weighted by molar-refractivity contribution is -0.126. The number of hydrogen-bond donors (Lipinski definition) is 2. The van der Waals surface area contributed by atoms with Crippen LogP contribution in [0, 0.1) is 5.92 Å². The molecule has 3 rings (SSSR count). The van der Waals surface area contributed by atoms with Crippen molar-refractivity contribution in [1.29, 1.82) is 0 Å². The molecule has 1 aliphatic rings. The summed E-state index contributed by atoms with van der Waals surface area (Å²) in [5, 5.41) is 5.86. The summed E-state index contributed by atoms with van der Waals surface area (Å²) in [6, 6.07) is 3.78. The number of thiazole rings is 1. The number of nitrogens with zero attached hydrogens (tertiary/aromatic N) is 2. The van der Waals surface area contributed by atoms with Gasteiger partial charge in [-0.05, 0) is 31.5 Å². The van der Waals surface area contributed by atoms with Crippen LogP contribution in [0.15, 0.2) is 28.2 Å². The lowest BCUT2D eigenvalue weighted by Crippen LogP contribution is -2.43. The second-order valence-corrected chi connectivity index (χ2v) is 6.63. The number of aromatic nitrogens is 1. The van der Waals surface area contributed by atoms with Gasteiger partial charge >= 0.3 is 0 Å². The largest absolute Gasteiger partial charge is 0.462 e. The fourth-order valence-electron chi connectivity index (χ4n) is 2.87. The summed E-state index contributed by atoms with van der Waals surface area (Å²) in [7, 11) is 0. The molecule has 0 radical (unpaired) electrons. The van der Waals surface area contributed by atoms with Gasteiger partial charge in [-0.15, -0.1) is 11.3 Å². The lowest BCUT2D eigenvalue weighted by atomic mass is 9.97. The van der Waals surface area contributed by atoms with Gasteiger partial charge in [0.2, 0.25) is 5.91 Å². The van der Waals surface area contributed by atoms with E-state index in [4.69, 9.17) is 10.2 Å². The van der Waals surface area contributed by atoms with Crippen LogP contribution in [-0.4, -0.2) is 42.0 Å². The van der Waals surface area contributed by atoms with E-state index < -0.39 is 0 Å². The maximum absolute atomic E-state index is 12.1. The van der Waals surface area contributed by atoms with Crippen LogP contribution in [0.25, 0.3) is 10.8 Å². The number of carbonyl (C=O) groups excluding carboxylic acids is 1. The molecule has 0 spiro atoms. The predicted octanol–water partition coefficient (Wildman–Crippen LogP) is 1.69. The summed E-state index contributed by atoms with van der Waals surface area (Å²) in [4.78, 5) is 19.0. The summed E-state index contributed by atoms with van der Waals surface area (Å²) in [6.07, 6.45) is 3.64. The number of nitrogens with one attached hydrogen (secondary N) is 1. The molecule has 2 aromatic rings. The minimum Gasteiger partial charge on any atom is -0.462 e. The molecular weight excluding hydrogens is 312 g/mol. The van der Waals surface area contributed by atoms with Crippen LogP contribution >= 0.6 is 11.3 Å². The molecule has 3 N–H and O–H groups in total. The molecule has 2 aromatic heterocycles. The van der Waals surface area contributed by atoms with Crippen molar-refractivity contribution in [2.45, 2.75) is 19.4 Å². The summed E-state index contributed by atoms with van der Waals surface area (Å²) in [5.74, 6) is 0.979. The standard InChI is InChI=1S/C16H22N4O2S/c17-5-6-18-15(21)12-3-1-7-20(9-12)10-13-11-23-16(19-13)14-4-2-8-22-14/h2,4,8,11-12H,1,3,5-7,9-10,17H2,(H,18,21). The van der Waals surface area contributed by atoms with E-state index >= 15 is 0 Å². The van der Waals surface area contributed by atoms with Crippen molar-refractivity contribution in [1.82, 2.24) is 15.2 Å². The highest BCUT2D eigenvalue weighted by molar-refractivity contribution is 7.13. The molecule has 23 heavy (non-hydrogen) atoms. The maximum atomic E-state index is 12.1. The van der Waals surface area contributed by atoms with E-state index in [0.717, 1.165) is 48.9 Å². The van der Waals surface area contributed by atoms with E-state index in [1.54, 1.807) is 17.6 Å². The number of furan rings is 1. The van der Waals surface area contributed by atoms with Gasteiger partial charge in [0.15, 0.2) is 10.8 Å². The Morgan fingerprint density at radius 1 is 1.57 bits per heavy atom. The maximum Gasteiger partial charge on any atom is 0.224 e. The molecule has 1 fully saturated rings. The Morgan fingerprint density at radius 3 is 3.26 bits per heavy atom. The van der Waals surface area contributed by atoms with Crippen molar-refractivity contribution >= 4 is 17.2 Å². The molecule has 1 saturated heterocycles. The van der Waals surface area contributed by atoms with Gasteiger partial charge in [-0.25, -0.2) is 4.98 Å². The highest BCUT2D eigenvalue weighted by Gasteiger charge is 2.25. The quantitative estimate of drug-likeness (QED) is 0.840. The van der Waals surface area contributed by atoms with E-state index in [-0.39, 0.29) is 11.8 Å². The number of piperidine rings is 1. The highest BCUT2D eigenvalue weighted by Crippen LogP contribution is 2.25. The van der Waals surface area contributed by atoms with Gasteiger partial charge in [0, 0.05) is 31.6 Å². The van der Waals surface area contributed by atoms with Gasteiger partial charge in [0.25, 0.3) is 0 Å². The zero-order valence-electron chi connectivity index (χ0n) is 13.0. The van der Waals surface area contributed by atoms with Crippen molar-refractivity contribution in [2.24, 2.45) is 11.7 Å². The monoisotopic (exact) mass is 334 g/mol. The SMILES string of the molecule is NCCNC(=O)C1CCCN(Cc2csc(-c3ccco3)n2)C1. The van der Waals surface area contributed by atoms with Crippen LogP contribution in [0.4, 0.5) is 0 Å². The minimum absolute atomic E-state index is 0.0541. The van der Waals surface area contributed by atoms with Crippen LogP contribution < -0.4 is 11.1 Å². The smallest absolute Gasteiger partial charge is 0.224 e. The number of rotatable bonds is 6. The van der Waals surface area contributed by atoms with Gasteiger partial charge in [-0.3, -0.25) is 9.69 Å². The molecule has 1 unspecified atom stereocenters. The van der Waals surface area contributed by atoms with Crippen molar-refractivity contribution < 1.29 is 9.21 Å². The summed E-state index contributed by atoms with van der Waals surface area (Å²) < 4.78 is 5.38. The molecule has 7 heteroatoms. The van der Waals surface area contributed by atoms with Crippen molar-refractivity contribution in [3.05, 3.63) is 29.5 Å². The van der Waals surface area contributed by atoms with Crippen molar-refractivity contribution in [3.63, 3.8) is 0 Å². The summed E-state index contributed by atoms with van der Waals surface area (Å²) in [5.41, 5.74) is 6.47. The van der Waals surface area contributed by atoms with E-state index in [2.05, 4.69) is 20.6 Å². The average Bonchev–Trinajstić information content (AvgIpc) is 3.24. The zero-order valence-corrected chi connectivity index (χ0v) is 13.8. The molecule has 124 valence electrons. The predicted molar refractivity (Wildman–Crippen MR) is 89.9 cm³/mol. The summed E-state index contributed by atoms with van der Waals surface area (Å²) in [6.45, 7) is 3.60. The van der Waals surface area contributed by atoms with Gasteiger partial charge in [-0.2, -0.15) is 0 Å². The zero-order chi connectivity index (χ0) is 16.1. The van der Waals surface area contributed by atoms with Gasteiger partial charge in [0.05, 0.1) is 17.9 Å². The normalized spacial score (nSPS) is 18.9. The van der Waals surface area contributed by atoms with E-state index in [9.17, 15) is 4.79 Å². The first kappa shape index (κ1) is 16.2. The third-order valence-corrected chi connectivity index (χ3v) is 4.89. The molecule has 0 aromatic carbocycles. The average molecular weight is 334 g/mol. The second-order valence-electron chi connectivity index (χ2n) is 5.78. The first-order valence-electron chi connectivity index (χ1n) is 7.94. The number of carbonyl (C=O) groups is 1. The molecule has 0 bridgehead atoms. The molecule has 3 heterocycles. The second kappa shape index (κ2) is 7.72. The number of likely N-dealkylation sites (tertiary alicyclic amines) is 1. The summed E-state index contributed by atoms with van der Waals surface area (Å²) >= 11 is 1.59. The first-order chi connectivity index (χ1) is 11.3. The molecule has 6 nitrogen and oxygen atoms in total. The molecule has 1 amide bonds. The third kappa shape index (κ3) is 4.19. The van der Waals surface area contributed by atoms with E-state index in [1.165, 1.54) is 0 Å². The van der Waals surface area contributed by atoms with E-state index in [1.807, 2.05) is 12.1 Å². The van der Waals surface area contributed by atoms with Crippen molar-refractivity contribution in [2.75, 3.05) is 26.2 Å². The Kier molecular flexibility index (Phi) is 5.43. The Labute approximate surface area is 139 Å². The van der Waals surface area contributed by atoms with Crippen LogP contribution in [0.3, 0.4) is 0 Å². The molecule has 1 aliphatic heterocycles. The fourth-order valence-corrected chi connectivity index (χ4v) is 3.65. The van der Waals surface area contributed by atoms with Gasteiger partial charge < -0.3 is 15.5 Å².